The molecule has 0 aromatic carbocycles. The van der Waals surface area contributed by atoms with Crippen molar-refractivity contribution >= 4 is 6.34 Å². The summed E-state index contributed by atoms with van der Waals surface area (Å²) >= 11 is 0. The molecule has 0 aromatic heterocycles. The van der Waals surface area contributed by atoms with Gasteiger partial charge >= 0.3 is 0 Å². The summed E-state index contributed by atoms with van der Waals surface area (Å²) < 4.78 is 0. The van der Waals surface area contributed by atoms with Crippen LogP contribution in [0.1, 0.15) is 78.1 Å². The van der Waals surface area contributed by atoms with Gasteiger partial charge < -0.3 is 5.32 Å². The predicted octanol–water partition coefficient (Wildman–Crippen LogP) is 4.42. The van der Waals surface area contributed by atoms with Crippen molar-refractivity contribution in [1.29, 1.82) is 0 Å². The Bertz CT molecular complexity index is 155. The lowest BCUT2D eigenvalue weighted by molar-refractivity contribution is 0.624. The van der Waals surface area contributed by atoms with Crippen molar-refractivity contribution < 1.29 is 0 Å². The average molecular weight is 239 g/mol. The first-order valence-electron chi connectivity index (χ1n) is 7.56. The number of nitrogens with one attached hydrogen (secondary N) is 1. The van der Waals surface area contributed by atoms with E-state index in [9.17, 15) is 0 Å². The molecule has 0 atom stereocenters. The molecule has 1 radical (unpaired) electrons. The molecule has 0 spiro atoms. The van der Waals surface area contributed by atoms with Crippen LogP contribution >= 0.6 is 0 Å². The van der Waals surface area contributed by atoms with Crippen molar-refractivity contribution in [1.82, 2.24) is 5.32 Å². The molecule has 0 rings (SSSR count). The molecule has 0 saturated carbocycles. The predicted molar refractivity (Wildman–Crippen MR) is 77.8 cm³/mol. The van der Waals surface area contributed by atoms with Crippen LogP contribution in [0.25, 0.3) is 0 Å². The van der Waals surface area contributed by atoms with E-state index in [1.807, 2.05) is 0 Å². The van der Waals surface area contributed by atoms with Gasteiger partial charge in [-0.25, -0.2) is 0 Å². The minimum Gasteiger partial charge on any atom is -0.367 e. The van der Waals surface area contributed by atoms with Gasteiger partial charge in [0.2, 0.25) is 0 Å². The highest BCUT2D eigenvalue weighted by atomic mass is 14.9. The lowest BCUT2D eigenvalue weighted by atomic mass is 10.1. The summed E-state index contributed by atoms with van der Waals surface area (Å²) in [5.41, 5.74) is 0. The quantitative estimate of drug-likeness (QED) is 0.219. The van der Waals surface area contributed by atoms with Gasteiger partial charge in [-0.15, -0.1) is 0 Å². The molecule has 0 aliphatic rings. The Morgan fingerprint density at radius 2 is 1.35 bits per heavy atom. The molecule has 0 heterocycles. The highest BCUT2D eigenvalue weighted by Crippen LogP contribution is 2.02. The molecule has 0 aliphatic heterocycles. The monoisotopic (exact) mass is 239 g/mol. The first-order chi connectivity index (χ1) is 8.41. The van der Waals surface area contributed by atoms with E-state index in [0.717, 1.165) is 13.1 Å². The van der Waals surface area contributed by atoms with Gasteiger partial charge in [-0.3, -0.25) is 4.99 Å². The van der Waals surface area contributed by atoms with Gasteiger partial charge in [-0.1, -0.05) is 65.2 Å². The van der Waals surface area contributed by atoms with Crippen LogP contribution in [0.15, 0.2) is 4.99 Å². The normalized spacial score (nSPS) is 11.2. The maximum atomic E-state index is 4.24. The Morgan fingerprint density at radius 1 is 0.765 bits per heavy atom. The smallest absolute Gasteiger partial charge is 0.164 e. The van der Waals surface area contributed by atoms with E-state index < -0.39 is 0 Å². The highest BCUT2D eigenvalue weighted by molar-refractivity contribution is 5.53. The Labute approximate surface area is 108 Å². The molecule has 2 nitrogen and oxygen atoms in total. The third-order valence-corrected chi connectivity index (χ3v) is 2.94. The summed E-state index contributed by atoms with van der Waals surface area (Å²) in [7, 11) is 0. The fraction of sp³-hybridized carbons (Fsp3) is 0.933. The molecule has 0 fully saturated rings. The number of hydrogen-bond donors (Lipinski definition) is 1. The minimum atomic E-state index is 0.937. The van der Waals surface area contributed by atoms with Crippen molar-refractivity contribution in [3.63, 3.8) is 0 Å². The fourth-order valence-corrected chi connectivity index (χ4v) is 1.78. The van der Waals surface area contributed by atoms with Crippen LogP contribution < -0.4 is 5.32 Å². The van der Waals surface area contributed by atoms with Gasteiger partial charge in [0, 0.05) is 13.1 Å². The van der Waals surface area contributed by atoms with Gasteiger partial charge in [0.25, 0.3) is 0 Å². The largest absolute Gasteiger partial charge is 0.367 e. The number of nitrogens with zero attached hydrogens (tertiary/aromatic N) is 1. The Balaban J connectivity index is 2.99. The summed E-state index contributed by atoms with van der Waals surface area (Å²) in [4.78, 5) is 4.24. The number of hydrogen-bond acceptors (Lipinski definition) is 1. The van der Waals surface area contributed by atoms with Gasteiger partial charge in [0.05, 0.1) is 0 Å². The van der Waals surface area contributed by atoms with E-state index in [2.05, 4.69) is 30.5 Å². The van der Waals surface area contributed by atoms with Crippen molar-refractivity contribution in [3.05, 3.63) is 0 Å². The van der Waals surface area contributed by atoms with Gasteiger partial charge in [0.15, 0.2) is 6.34 Å². The molecular weight excluding hydrogens is 208 g/mol. The second-order valence-electron chi connectivity index (χ2n) is 4.75. The van der Waals surface area contributed by atoms with Crippen molar-refractivity contribution in [2.75, 3.05) is 13.1 Å². The van der Waals surface area contributed by atoms with Crippen LogP contribution in [0.4, 0.5) is 0 Å². The molecule has 17 heavy (non-hydrogen) atoms. The van der Waals surface area contributed by atoms with Crippen molar-refractivity contribution in [2.45, 2.75) is 78.1 Å². The average Bonchev–Trinajstić information content (AvgIpc) is 2.35. The summed E-state index contributed by atoms with van der Waals surface area (Å²) in [5.74, 6) is 0. The Hall–Kier alpha value is -0.530. The summed E-state index contributed by atoms with van der Waals surface area (Å²) in [5, 5.41) is 3.15. The Kier molecular flexibility index (Phi) is 15.0. The summed E-state index contributed by atoms with van der Waals surface area (Å²) in [6.45, 7) is 6.46. The van der Waals surface area contributed by atoms with Crippen molar-refractivity contribution in [3.8, 4) is 0 Å². The molecule has 0 unspecified atom stereocenters. The van der Waals surface area contributed by atoms with Crippen LogP contribution in [0.2, 0.25) is 0 Å². The number of unbranched alkanes of at least 4 members (excludes halogenated alkanes) is 8. The minimum absolute atomic E-state index is 0.937. The molecular formula is C15H31N2. The van der Waals surface area contributed by atoms with Crippen LogP contribution in [0, 0.1) is 0 Å². The molecule has 1 N–H and O–H groups in total. The lowest BCUT2D eigenvalue weighted by Crippen LogP contribution is -2.12. The summed E-state index contributed by atoms with van der Waals surface area (Å²) in [6, 6.07) is 0. The number of rotatable bonds is 13. The molecule has 101 valence electrons. The molecule has 0 saturated heterocycles. The van der Waals surface area contributed by atoms with Crippen LogP contribution in [0.3, 0.4) is 0 Å². The zero-order valence-electron chi connectivity index (χ0n) is 11.9. The van der Waals surface area contributed by atoms with E-state index in [1.54, 1.807) is 0 Å². The second-order valence-corrected chi connectivity index (χ2v) is 4.75. The standard InChI is InChI=1S/C15H31N2/c1-3-5-7-9-11-13-16-15-17-14-12-10-8-6-4-2/h3-14H2,1-2H3,(H,16,17). The number of aliphatic imine (C=N–C) groups is 1. The Morgan fingerprint density at radius 3 is 2.00 bits per heavy atom. The fourth-order valence-electron chi connectivity index (χ4n) is 1.78. The SMILES string of the molecule is CCCCCCC/N=[C]\NCCCCCCC. The maximum Gasteiger partial charge on any atom is 0.164 e. The third kappa shape index (κ3) is 15.5. The van der Waals surface area contributed by atoms with E-state index in [1.165, 1.54) is 64.2 Å². The second kappa shape index (κ2) is 15.5. The molecule has 0 bridgehead atoms. The molecule has 0 amide bonds. The van der Waals surface area contributed by atoms with Gasteiger partial charge in [-0.2, -0.15) is 0 Å². The van der Waals surface area contributed by atoms with E-state index >= 15 is 0 Å². The zero-order chi connectivity index (χ0) is 12.6. The first-order valence-corrected chi connectivity index (χ1v) is 7.56. The topological polar surface area (TPSA) is 24.4 Å². The van der Waals surface area contributed by atoms with Crippen LogP contribution in [0.5, 0.6) is 0 Å². The van der Waals surface area contributed by atoms with Gasteiger partial charge in [0.1, 0.15) is 0 Å². The van der Waals surface area contributed by atoms with Crippen LogP contribution in [-0.4, -0.2) is 19.4 Å². The summed E-state index contributed by atoms with van der Waals surface area (Å²) in [6.07, 6.45) is 16.1. The van der Waals surface area contributed by atoms with Crippen LogP contribution in [-0.2, 0) is 0 Å². The molecule has 0 aromatic rings. The van der Waals surface area contributed by atoms with E-state index in [0.29, 0.717) is 0 Å². The third-order valence-electron chi connectivity index (χ3n) is 2.94. The van der Waals surface area contributed by atoms with E-state index in [4.69, 9.17) is 0 Å². The maximum absolute atomic E-state index is 4.24. The van der Waals surface area contributed by atoms with Gasteiger partial charge in [-0.05, 0) is 12.8 Å². The van der Waals surface area contributed by atoms with E-state index in [-0.39, 0.29) is 0 Å². The molecule has 0 aliphatic carbocycles. The first kappa shape index (κ1) is 16.5. The highest BCUT2D eigenvalue weighted by Gasteiger charge is 1.88. The lowest BCUT2D eigenvalue weighted by Gasteiger charge is -1.99. The molecule has 2 heteroatoms. The van der Waals surface area contributed by atoms with Crippen molar-refractivity contribution in [2.24, 2.45) is 4.99 Å². The zero-order valence-corrected chi connectivity index (χ0v) is 11.9.